The maximum absolute atomic E-state index is 12.6. The van der Waals surface area contributed by atoms with Gasteiger partial charge in [-0.2, -0.15) is 0 Å². The van der Waals surface area contributed by atoms with Crippen molar-refractivity contribution in [2.75, 3.05) is 32.8 Å². The largest absolute Gasteiger partial charge is 0.347 e. The molecule has 0 unspecified atom stereocenters. The third-order valence-electron chi connectivity index (χ3n) is 5.71. The highest BCUT2D eigenvalue weighted by Crippen LogP contribution is 2.41. The highest BCUT2D eigenvalue weighted by atomic mass is 16.7. The van der Waals surface area contributed by atoms with Gasteiger partial charge in [-0.3, -0.25) is 9.69 Å². The Hall–Kier alpha value is -1.43. The van der Waals surface area contributed by atoms with E-state index in [1.807, 2.05) is 18.2 Å². The number of carbonyl (C=O) groups excluding carboxylic acids is 1. The number of hydrogen-bond acceptors (Lipinski definition) is 4. The van der Waals surface area contributed by atoms with Crippen LogP contribution in [0.25, 0.3) is 0 Å². The first kappa shape index (κ1) is 16.1. The molecule has 2 saturated heterocycles. The topological polar surface area (TPSA) is 50.8 Å². The third kappa shape index (κ3) is 3.08. The molecule has 2 heterocycles. The van der Waals surface area contributed by atoms with Crippen molar-refractivity contribution >= 4 is 5.91 Å². The molecule has 24 heavy (non-hydrogen) atoms. The van der Waals surface area contributed by atoms with Gasteiger partial charge in [0, 0.05) is 25.9 Å². The first-order chi connectivity index (χ1) is 11.7. The zero-order valence-electron chi connectivity index (χ0n) is 14.1. The van der Waals surface area contributed by atoms with E-state index in [0.717, 1.165) is 38.8 Å². The SMILES string of the molecule is O=C(CN1CCC2(CC1)OCCO2)NC1(c2ccccc2)CCC1. The van der Waals surface area contributed by atoms with Gasteiger partial charge >= 0.3 is 0 Å². The molecular formula is C19H26N2O3. The van der Waals surface area contributed by atoms with E-state index in [9.17, 15) is 4.79 Å². The number of amides is 1. The van der Waals surface area contributed by atoms with Gasteiger partial charge in [0.1, 0.15) is 0 Å². The molecule has 2 aliphatic heterocycles. The summed E-state index contributed by atoms with van der Waals surface area (Å²) in [5, 5.41) is 3.31. The molecule has 5 heteroatoms. The van der Waals surface area contributed by atoms with E-state index in [-0.39, 0.29) is 17.2 Å². The molecule has 0 atom stereocenters. The molecule has 1 amide bonds. The molecule has 4 rings (SSSR count). The monoisotopic (exact) mass is 330 g/mol. The van der Waals surface area contributed by atoms with Crippen molar-refractivity contribution in [1.29, 1.82) is 0 Å². The van der Waals surface area contributed by atoms with Crippen molar-refractivity contribution in [2.45, 2.75) is 43.4 Å². The van der Waals surface area contributed by atoms with Crippen molar-refractivity contribution in [1.82, 2.24) is 10.2 Å². The number of rotatable bonds is 4. The lowest BCUT2D eigenvalue weighted by Gasteiger charge is -2.44. The zero-order chi connectivity index (χ0) is 16.5. The van der Waals surface area contributed by atoms with Crippen molar-refractivity contribution in [3.63, 3.8) is 0 Å². The Morgan fingerprint density at radius 1 is 1.04 bits per heavy atom. The van der Waals surface area contributed by atoms with E-state index in [1.54, 1.807) is 0 Å². The fourth-order valence-electron chi connectivity index (χ4n) is 4.12. The molecule has 1 saturated carbocycles. The standard InChI is InChI=1S/C19H26N2O3/c22-17(15-21-11-9-19(10-12-21)23-13-14-24-19)20-18(7-4-8-18)16-5-2-1-3-6-16/h1-3,5-6H,4,7-15H2,(H,20,22). The van der Waals surface area contributed by atoms with E-state index in [4.69, 9.17) is 9.47 Å². The van der Waals surface area contributed by atoms with Crippen molar-refractivity contribution in [3.8, 4) is 0 Å². The maximum atomic E-state index is 12.6. The van der Waals surface area contributed by atoms with Crippen LogP contribution in [0.1, 0.15) is 37.7 Å². The van der Waals surface area contributed by atoms with Crippen LogP contribution in [-0.4, -0.2) is 49.4 Å². The predicted octanol–water partition coefficient (Wildman–Crippen LogP) is 2.02. The molecule has 0 bridgehead atoms. The van der Waals surface area contributed by atoms with Crippen LogP contribution in [0, 0.1) is 0 Å². The molecule has 3 fully saturated rings. The number of carbonyl (C=O) groups is 1. The van der Waals surface area contributed by atoms with Gasteiger partial charge in [-0.25, -0.2) is 0 Å². The summed E-state index contributed by atoms with van der Waals surface area (Å²) < 4.78 is 11.5. The minimum atomic E-state index is -0.369. The lowest BCUT2D eigenvalue weighted by molar-refractivity contribution is -0.185. The van der Waals surface area contributed by atoms with Crippen molar-refractivity contribution < 1.29 is 14.3 Å². The Kier molecular flexibility index (Phi) is 4.33. The maximum Gasteiger partial charge on any atom is 0.234 e. The molecule has 5 nitrogen and oxygen atoms in total. The van der Waals surface area contributed by atoms with E-state index >= 15 is 0 Å². The second-order valence-corrected chi connectivity index (χ2v) is 7.23. The Bertz CT molecular complexity index is 570. The molecule has 0 aromatic heterocycles. The van der Waals surface area contributed by atoms with E-state index < -0.39 is 0 Å². The minimum Gasteiger partial charge on any atom is -0.347 e. The van der Waals surface area contributed by atoms with Crippen LogP contribution >= 0.6 is 0 Å². The van der Waals surface area contributed by atoms with Crippen LogP contribution in [0.5, 0.6) is 0 Å². The third-order valence-corrected chi connectivity index (χ3v) is 5.71. The lowest BCUT2D eigenvalue weighted by atomic mass is 9.72. The summed E-state index contributed by atoms with van der Waals surface area (Å²) in [6, 6.07) is 10.4. The number of benzene rings is 1. The summed E-state index contributed by atoms with van der Waals surface area (Å²) in [6.45, 7) is 3.56. The van der Waals surface area contributed by atoms with Gasteiger partial charge in [0.25, 0.3) is 0 Å². The van der Waals surface area contributed by atoms with Crippen LogP contribution in [0.4, 0.5) is 0 Å². The second kappa shape index (κ2) is 6.47. The van der Waals surface area contributed by atoms with Gasteiger partial charge in [0.05, 0.1) is 25.3 Å². The summed E-state index contributed by atoms with van der Waals surface area (Å²) >= 11 is 0. The first-order valence-corrected chi connectivity index (χ1v) is 9.07. The Morgan fingerprint density at radius 2 is 1.71 bits per heavy atom. The van der Waals surface area contributed by atoms with Gasteiger partial charge in [-0.05, 0) is 24.8 Å². The molecule has 1 N–H and O–H groups in total. The van der Waals surface area contributed by atoms with Gasteiger partial charge in [-0.15, -0.1) is 0 Å². The van der Waals surface area contributed by atoms with Crippen molar-refractivity contribution in [3.05, 3.63) is 35.9 Å². The van der Waals surface area contributed by atoms with Crippen LogP contribution < -0.4 is 5.32 Å². The summed E-state index contributed by atoms with van der Waals surface area (Å²) in [7, 11) is 0. The van der Waals surface area contributed by atoms with Gasteiger partial charge in [0.15, 0.2) is 5.79 Å². The first-order valence-electron chi connectivity index (χ1n) is 9.07. The van der Waals surface area contributed by atoms with Crippen LogP contribution in [0.2, 0.25) is 0 Å². The lowest BCUT2D eigenvalue weighted by Crippen LogP contribution is -2.54. The average molecular weight is 330 g/mol. The normalized spacial score (nSPS) is 25.3. The summed E-state index contributed by atoms with van der Waals surface area (Å²) in [5.41, 5.74) is 1.09. The van der Waals surface area contributed by atoms with Crippen molar-refractivity contribution in [2.24, 2.45) is 0 Å². The molecule has 1 spiro atoms. The Balaban J connectivity index is 1.32. The van der Waals surface area contributed by atoms with E-state index in [0.29, 0.717) is 19.8 Å². The summed E-state index contributed by atoms with van der Waals surface area (Å²) in [4.78, 5) is 14.8. The second-order valence-electron chi connectivity index (χ2n) is 7.23. The summed E-state index contributed by atoms with van der Waals surface area (Å²) in [5.74, 6) is -0.241. The molecule has 130 valence electrons. The van der Waals surface area contributed by atoms with Gasteiger partial charge in [-0.1, -0.05) is 30.3 Å². The molecule has 3 aliphatic rings. The highest BCUT2D eigenvalue weighted by Gasteiger charge is 2.42. The number of nitrogens with zero attached hydrogens (tertiary/aromatic N) is 1. The van der Waals surface area contributed by atoms with Gasteiger partial charge < -0.3 is 14.8 Å². The number of likely N-dealkylation sites (tertiary alicyclic amines) is 1. The summed E-state index contributed by atoms with van der Waals surface area (Å²) in [6.07, 6.45) is 4.95. The van der Waals surface area contributed by atoms with Crippen LogP contribution in [0.15, 0.2) is 30.3 Å². The number of hydrogen-bond donors (Lipinski definition) is 1. The van der Waals surface area contributed by atoms with Gasteiger partial charge in [0.2, 0.25) is 5.91 Å². The van der Waals surface area contributed by atoms with Crippen LogP contribution in [0.3, 0.4) is 0 Å². The fourth-order valence-corrected chi connectivity index (χ4v) is 4.12. The number of nitrogens with one attached hydrogen (secondary N) is 1. The van der Waals surface area contributed by atoms with E-state index in [1.165, 1.54) is 12.0 Å². The quantitative estimate of drug-likeness (QED) is 0.918. The molecule has 1 aromatic carbocycles. The molecule has 1 aliphatic carbocycles. The fraction of sp³-hybridized carbons (Fsp3) is 0.632. The molecule has 1 aromatic rings. The Labute approximate surface area is 143 Å². The molecular weight excluding hydrogens is 304 g/mol. The minimum absolute atomic E-state index is 0.128. The molecule has 0 radical (unpaired) electrons. The number of ether oxygens (including phenoxy) is 2. The Morgan fingerprint density at radius 3 is 2.29 bits per heavy atom. The number of piperidine rings is 1. The zero-order valence-corrected chi connectivity index (χ0v) is 14.1. The highest BCUT2D eigenvalue weighted by molar-refractivity contribution is 5.79. The van der Waals surface area contributed by atoms with E-state index in [2.05, 4.69) is 22.3 Å². The smallest absolute Gasteiger partial charge is 0.234 e. The predicted molar refractivity (Wildman–Crippen MR) is 90.4 cm³/mol. The van der Waals surface area contributed by atoms with Crippen LogP contribution in [-0.2, 0) is 19.8 Å². The average Bonchev–Trinajstić information content (AvgIpc) is 3.03.